The standard InChI is InChI=1S/C18H27Cl2N6O2.C3H6O2/c1-3-24(4-2)15-7-5-14(6-8-15)22-23-18-25(11-16(27)9-19)13-21-26(18)12-17(28)10-20;1-3(4)5-2/h5-8,13,16-17,27-28H,3-4,9-12H2,1-2H3;1-2H3/q+1;. The van der Waals surface area contributed by atoms with E-state index in [0.717, 1.165) is 18.8 Å². The van der Waals surface area contributed by atoms with Gasteiger partial charge in [-0.2, -0.15) is 0 Å². The van der Waals surface area contributed by atoms with Crippen LogP contribution in [-0.2, 0) is 22.6 Å². The van der Waals surface area contributed by atoms with E-state index >= 15 is 0 Å². The van der Waals surface area contributed by atoms with Crippen molar-refractivity contribution >= 4 is 46.5 Å². The van der Waals surface area contributed by atoms with Crippen molar-refractivity contribution in [3.05, 3.63) is 30.6 Å². The predicted octanol–water partition coefficient (Wildman–Crippen LogP) is 2.81. The van der Waals surface area contributed by atoms with Crippen LogP contribution in [0.5, 0.6) is 0 Å². The first kappa shape index (κ1) is 28.8. The molecular formula is C21H33Cl2N6O4+. The van der Waals surface area contributed by atoms with E-state index in [4.69, 9.17) is 23.2 Å². The number of benzene rings is 1. The number of carbonyl (C=O) groups is 1. The molecule has 1 aromatic carbocycles. The second-order valence-corrected chi connectivity index (χ2v) is 7.58. The van der Waals surface area contributed by atoms with Gasteiger partial charge in [0.2, 0.25) is 6.33 Å². The number of rotatable bonds is 11. The average molecular weight is 504 g/mol. The molecule has 0 spiro atoms. The van der Waals surface area contributed by atoms with Gasteiger partial charge in [0.05, 0.1) is 43.3 Å². The number of aromatic nitrogens is 3. The minimum atomic E-state index is -0.768. The number of esters is 1. The molecule has 0 saturated carbocycles. The van der Waals surface area contributed by atoms with E-state index in [-0.39, 0.29) is 30.8 Å². The first-order valence-corrected chi connectivity index (χ1v) is 11.6. The Bertz CT molecular complexity index is 829. The van der Waals surface area contributed by atoms with Crippen molar-refractivity contribution < 1.29 is 24.3 Å². The second-order valence-electron chi connectivity index (χ2n) is 6.97. The molecule has 0 aliphatic carbocycles. The quantitative estimate of drug-likeness (QED) is 0.210. The molecule has 0 fully saturated rings. The van der Waals surface area contributed by atoms with E-state index in [2.05, 4.69) is 38.8 Å². The highest BCUT2D eigenvalue weighted by molar-refractivity contribution is 6.18. The summed E-state index contributed by atoms with van der Waals surface area (Å²) in [5, 5.41) is 32.5. The fourth-order valence-corrected chi connectivity index (χ4v) is 2.88. The highest BCUT2D eigenvalue weighted by Gasteiger charge is 2.22. The van der Waals surface area contributed by atoms with Gasteiger partial charge < -0.3 is 19.8 Å². The molecule has 1 heterocycles. The highest BCUT2D eigenvalue weighted by atomic mass is 35.5. The number of hydrogen-bond donors (Lipinski definition) is 2. The zero-order valence-electron chi connectivity index (χ0n) is 19.4. The molecule has 0 aliphatic heterocycles. The van der Waals surface area contributed by atoms with Crippen molar-refractivity contribution in [3.8, 4) is 0 Å². The summed E-state index contributed by atoms with van der Waals surface area (Å²) >= 11 is 11.4. The molecule has 2 unspecified atom stereocenters. The lowest BCUT2D eigenvalue weighted by atomic mass is 10.2. The number of alkyl halides is 2. The molecule has 0 saturated heterocycles. The Kier molecular flexibility index (Phi) is 13.6. The molecule has 2 aromatic rings. The first-order chi connectivity index (χ1) is 15.8. The van der Waals surface area contributed by atoms with Gasteiger partial charge in [-0.05, 0) is 43.2 Å². The molecule has 1 aromatic heterocycles. The Hall–Kier alpha value is -2.27. The Morgan fingerprint density at radius 2 is 1.73 bits per heavy atom. The number of halogens is 2. The monoisotopic (exact) mass is 503 g/mol. The fourth-order valence-electron chi connectivity index (χ4n) is 2.69. The van der Waals surface area contributed by atoms with Crippen LogP contribution in [0.3, 0.4) is 0 Å². The van der Waals surface area contributed by atoms with Gasteiger partial charge in [-0.3, -0.25) is 4.79 Å². The minimum Gasteiger partial charge on any atom is -0.469 e. The average Bonchev–Trinajstić information content (AvgIpc) is 3.19. The molecule has 33 heavy (non-hydrogen) atoms. The molecule has 2 atom stereocenters. The van der Waals surface area contributed by atoms with Crippen LogP contribution >= 0.6 is 23.2 Å². The van der Waals surface area contributed by atoms with Crippen LogP contribution < -0.4 is 9.47 Å². The van der Waals surface area contributed by atoms with Gasteiger partial charge in [0.25, 0.3) is 0 Å². The Morgan fingerprint density at radius 3 is 2.21 bits per heavy atom. The second kappa shape index (κ2) is 15.5. The summed E-state index contributed by atoms with van der Waals surface area (Å²) in [6.45, 7) is 7.84. The number of azo groups is 1. The van der Waals surface area contributed by atoms with Crippen LogP contribution in [0, 0.1) is 0 Å². The lowest BCUT2D eigenvalue weighted by Crippen LogP contribution is -2.39. The minimum absolute atomic E-state index is 0.0770. The normalized spacial score (nSPS) is 12.7. The molecule has 0 aliphatic rings. The molecule has 0 radical (unpaired) electrons. The lowest BCUT2D eigenvalue weighted by molar-refractivity contribution is -0.691. The Balaban J connectivity index is 0.000000981. The van der Waals surface area contributed by atoms with Crippen LogP contribution in [0.15, 0.2) is 40.8 Å². The molecule has 2 rings (SSSR count). The van der Waals surface area contributed by atoms with E-state index in [1.54, 1.807) is 4.57 Å². The molecule has 2 N–H and O–H groups in total. The van der Waals surface area contributed by atoms with E-state index in [9.17, 15) is 15.0 Å². The highest BCUT2D eigenvalue weighted by Crippen LogP contribution is 2.21. The van der Waals surface area contributed by atoms with Crippen LogP contribution in [0.4, 0.5) is 17.3 Å². The van der Waals surface area contributed by atoms with E-state index < -0.39 is 12.2 Å². The molecule has 10 nitrogen and oxygen atoms in total. The van der Waals surface area contributed by atoms with Gasteiger partial charge in [0.1, 0.15) is 6.54 Å². The maximum Gasteiger partial charge on any atom is 0.403 e. The summed E-state index contributed by atoms with van der Waals surface area (Å²) in [5.74, 6) is 0.311. The maximum absolute atomic E-state index is 9.85. The number of nitrogens with zero attached hydrogens (tertiary/aromatic N) is 6. The van der Waals surface area contributed by atoms with E-state index in [1.807, 2.05) is 24.3 Å². The largest absolute Gasteiger partial charge is 0.469 e. The van der Waals surface area contributed by atoms with Gasteiger partial charge in [-0.15, -0.1) is 27.9 Å². The zero-order chi connectivity index (χ0) is 24.8. The molecule has 0 bridgehead atoms. The van der Waals surface area contributed by atoms with Crippen molar-refractivity contribution in [2.45, 2.75) is 46.1 Å². The summed E-state index contributed by atoms with van der Waals surface area (Å²) in [6.07, 6.45) is 0.00833. The summed E-state index contributed by atoms with van der Waals surface area (Å²) < 4.78 is 7.25. The molecule has 12 heteroatoms. The third-order valence-electron chi connectivity index (χ3n) is 4.49. The van der Waals surface area contributed by atoms with Crippen molar-refractivity contribution in [2.75, 3.05) is 36.9 Å². The van der Waals surface area contributed by atoms with Gasteiger partial charge in [-0.25, -0.2) is 4.57 Å². The number of aliphatic hydroxyl groups is 2. The fraction of sp³-hybridized carbons (Fsp3) is 0.571. The van der Waals surface area contributed by atoms with Crippen LogP contribution in [0.25, 0.3) is 0 Å². The molecular weight excluding hydrogens is 471 g/mol. The van der Waals surface area contributed by atoms with Crippen molar-refractivity contribution in [1.29, 1.82) is 0 Å². The topological polar surface area (TPSA) is 116 Å². The summed E-state index contributed by atoms with van der Waals surface area (Å²) in [7, 11) is 1.35. The molecule has 184 valence electrons. The number of carbonyl (C=O) groups excluding carboxylic acids is 1. The van der Waals surface area contributed by atoms with Crippen LogP contribution in [0.1, 0.15) is 20.8 Å². The van der Waals surface area contributed by atoms with Gasteiger partial charge in [0, 0.05) is 30.8 Å². The Labute approximate surface area is 204 Å². The SMILES string of the molecule is CCN(CC)c1ccc(N=Nc2n(CC(O)CCl)nc[n+]2CC(O)CCl)cc1.COC(C)=O. The van der Waals surface area contributed by atoms with E-state index in [0.29, 0.717) is 11.6 Å². The predicted molar refractivity (Wildman–Crippen MR) is 128 cm³/mol. The van der Waals surface area contributed by atoms with Crippen molar-refractivity contribution in [2.24, 2.45) is 10.2 Å². The first-order valence-electron chi connectivity index (χ1n) is 10.5. The number of methoxy groups -OCH3 is 1. The summed E-state index contributed by atoms with van der Waals surface area (Å²) in [5.41, 5.74) is 1.81. The number of aliphatic hydroxyl groups excluding tert-OH is 2. The van der Waals surface area contributed by atoms with Gasteiger partial charge >= 0.3 is 11.9 Å². The van der Waals surface area contributed by atoms with Crippen molar-refractivity contribution in [1.82, 2.24) is 9.78 Å². The van der Waals surface area contributed by atoms with E-state index in [1.165, 1.54) is 25.0 Å². The molecule has 0 amide bonds. The number of anilines is 1. The summed E-state index contributed by atoms with van der Waals surface area (Å²) in [6, 6.07) is 7.79. The van der Waals surface area contributed by atoms with Gasteiger partial charge in [0.15, 0.2) is 0 Å². The smallest absolute Gasteiger partial charge is 0.403 e. The lowest BCUT2D eigenvalue weighted by Gasteiger charge is -2.20. The number of hydrogen-bond acceptors (Lipinski definition) is 8. The maximum atomic E-state index is 9.85. The van der Waals surface area contributed by atoms with Gasteiger partial charge in [-0.1, -0.05) is 5.11 Å². The number of ether oxygens (including phenoxy) is 1. The van der Waals surface area contributed by atoms with Crippen LogP contribution in [0.2, 0.25) is 0 Å². The third kappa shape index (κ3) is 10.0. The zero-order valence-corrected chi connectivity index (χ0v) is 20.9. The van der Waals surface area contributed by atoms with Crippen molar-refractivity contribution in [3.63, 3.8) is 0 Å². The van der Waals surface area contributed by atoms with Crippen LogP contribution in [-0.4, -0.2) is 70.1 Å². The summed E-state index contributed by atoms with van der Waals surface area (Å²) in [4.78, 5) is 11.8. The third-order valence-corrected chi connectivity index (χ3v) is 5.20. The Morgan fingerprint density at radius 1 is 1.15 bits per heavy atom.